The summed E-state index contributed by atoms with van der Waals surface area (Å²) in [5, 5.41) is 3.32. The zero-order valence-corrected chi connectivity index (χ0v) is 21.8. The number of methoxy groups -OCH3 is 2. The number of hydrogen-bond acceptors (Lipinski definition) is 6. The van der Waals surface area contributed by atoms with Gasteiger partial charge in [0.2, 0.25) is 11.8 Å². The number of carbonyl (C=O) groups excluding carboxylic acids is 3. The van der Waals surface area contributed by atoms with Crippen LogP contribution in [0.3, 0.4) is 0 Å². The molecule has 2 atom stereocenters. The van der Waals surface area contributed by atoms with Crippen molar-refractivity contribution in [3.8, 4) is 11.5 Å². The zero-order chi connectivity index (χ0) is 26.4. The normalized spacial score (nSPS) is 19.8. The Bertz CT molecular complexity index is 1100. The number of rotatable bonds is 7. The number of amides is 3. The van der Waals surface area contributed by atoms with Crippen LogP contribution in [0.4, 0.5) is 0 Å². The Morgan fingerprint density at radius 2 is 1.76 bits per heavy atom. The second-order valence-electron chi connectivity index (χ2n) is 9.52. The molecule has 0 bridgehead atoms. The van der Waals surface area contributed by atoms with E-state index in [2.05, 4.69) is 5.32 Å². The maximum atomic E-state index is 13.8. The molecule has 2 heterocycles. The Kier molecular flexibility index (Phi) is 8.66. The van der Waals surface area contributed by atoms with Crippen molar-refractivity contribution in [3.05, 3.63) is 59.7 Å². The summed E-state index contributed by atoms with van der Waals surface area (Å²) in [4.78, 5) is 45.3. The lowest BCUT2D eigenvalue weighted by Crippen LogP contribution is -2.48. The molecule has 2 aliphatic rings. The van der Waals surface area contributed by atoms with E-state index in [-0.39, 0.29) is 23.8 Å². The first-order valence-electron chi connectivity index (χ1n) is 12.8. The second kappa shape index (κ2) is 12.1. The fourth-order valence-corrected chi connectivity index (χ4v) is 5.13. The SMILES string of the molecule is COc1ccc(C(=O)N(Cc2cccc(OC)c2)C2CC(C(=O)N3CCCNCC3)N(C(C)=O)C2)cc1. The van der Waals surface area contributed by atoms with Crippen LogP contribution in [0.2, 0.25) is 0 Å². The van der Waals surface area contributed by atoms with Gasteiger partial charge in [-0.15, -0.1) is 0 Å². The van der Waals surface area contributed by atoms with Gasteiger partial charge < -0.3 is 29.5 Å². The van der Waals surface area contributed by atoms with Crippen molar-refractivity contribution in [2.45, 2.75) is 38.4 Å². The van der Waals surface area contributed by atoms with E-state index in [1.807, 2.05) is 29.2 Å². The molecule has 2 aromatic rings. The number of benzene rings is 2. The van der Waals surface area contributed by atoms with Crippen LogP contribution < -0.4 is 14.8 Å². The first-order chi connectivity index (χ1) is 17.9. The van der Waals surface area contributed by atoms with Crippen LogP contribution in [0.1, 0.15) is 35.7 Å². The van der Waals surface area contributed by atoms with Crippen LogP contribution in [-0.4, -0.2) is 91.4 Å². The average molecular weight is 509 g/mol. The van der Waals surface area contributed by atoms with Crippen LogP contribution >= 0.6 is 0 Å². The third-order valence-electron chi connectivity index (χ3n) is 7.15. The molecule has 2 aromatic carbocycles. The van der Waals surface area contributed by atoms with Crippen LogP contribution in [0.15, 0.2) is 48.5 Å². The third kappa shape index (κ3) is 6.22. The van der Waals surface area contributed by atoms with Crippen molar-refractivity contribution < 1.29 is 23.9 Å². The highest BCUT2D eigenvalue weighted by Crippen LogP contribution is 2.28. The van der Waals surface area contributed by atoms with Crippen LogP contribution in [0.25, 0.3) is 0 Å². The summed E-state index contributed by atoms with van der Waals surface area (Å²) < 4.78 is 10.6. The van der Waals surface area contributed by atoms with Gasteiger partial charge in [-0.3, -0.25) is 14.4 Å². The van der Waals surface area contributed by atoms with E-state index in [0.717, 1.165) is 25.1 Å². The summed E-state index contributed by atoms with van der Waals surface area (Å²) >= 11 is 0. The molecule has 198 valence electrons. The smallest absolute Gasteiger partial charge is 0.254 e. The maximum Gasteiger partial charge on any atom is 0.254 e. The molecule has 0 aromatic heterocycles. The third-order valence-corrected chi connectivity index (χ3v) is 7.15. The van der Waals surface area contributed by atoms with Crippen LogP contribution in [-0.2, 0) is 16.1 Å². The molecule has 0 spiro atoms. The molecule has 9 nitrogen and oxygen atoms in total. The molecule has 9 heteroatoms. The minimum absolute atomic E-state index is 0.0420. The Morgan fingerprint density at radius 3 is 2.46 bits per heavy atom. The molecule has 37 heavy (non-hydrogen) atoms. The van der Waals surface area contributed by atoms with Crippen molar-refractivity contribution in [1.82, 2.24) is 20.0 Å². The highest BCUT2D eigenvalue weighted by Gasteiger charge is 2.43. The molecule has 1 N–H and O–H groups in total. The molecule has 0 saturated carbocycles. The van der Waals surface area contributed by atoms with Gasteiger partial charge in [0.15, 0.2) is 0 Å². The lowest BCUT2D eigenvalue weighted by molar-refractivity contribution is -0.142. The fraction of sp³-hybridized carbons (Fsp3) is 0.464. The molecule has 0 aliphatic carbocycles. The van der Waals surface area contributed by atoms with E-state index < -0.39 is 6.04 Å². The van der Waals surface area contributed by atoms with Gasteiger partial charge in [0, 0.05) is 45.2 Å². The summed E-state index contributed by atoms with van der Waals surface area (Å²) in [7, 11) is 3.19. The van der Waals surface area contributed by atoms with Gasteiger partial charge in [-0.25, -0.2) is 0 Å². The van der Waals surface area contributed by atoms with Crippen LogP contribution in [0, 0.1) is 0 Å². The number of nitrogens with one attached hydrogen (secondary N) is 1. The van der Waals surface area contributed by atoms with Gasteiger partial charge in [-0.2, -0.15) is 0 Å². The van der Waals surface area contributed by atoms with Gasteiger partial charge in [0.05, 0.1) is 20.3 Å². The van der Waals surface area contributed by atoms with Gasteiger partial charge in [0.1, 0.15) is 17.5 Å². The van der Waals surface area contributed by atoms with Gasteiger partial charge in [-0.05, 0) is 61.3 Å². The summed E-state index contributed by atoms with van der Waals surface area (Å²) in [6.07, 6.45) is 1.27. The Labute approximate surface area is 218 Å². The van der Waals surface area contributed by atoms with Crippen molar-refractivity contribution in [1.29, 1.82) is 0 Å². The minimum Gasteiger partial charge on any atom is -0.497 e. The standard InChI is InChI=1S/C28H36N4O5/c1-20(33)31-19-23(17-26(31)28(35)30-14-5-12-29-13-15-30)32(18-21-6-4-7-25(16-21)37-3)27(34)22-8-10-24(36-2)11-9-22/h4,6-11,16,23,26,29H,5,12-15,17-19H2,1-3H3. The van der Waals surface area contributed by atoms with Crippen molar-refractivity contribution >= 4 is 17.7 Å². The molecule has 2 fully saturated rings. The monoisotopic (exact) mass is 508 g/mol. The van der Waals surface area contributed by atoms with Gasteiger partial charge in [0.25, 0.3) is 5.91 Å². The predicted molar refractivity (Wildman–Crippen MR) is 140 cm³/mol. The summed E-state index contributed by atoms with van der Waals surface area (Å²) in [5.41, 5.74) is 1.43. The molecular formula is C28H36N4O5. The lowest BCUT2D eigenvalue weighted by Gasteiger charge is -2.29. The van der Waals surface area contributed by atoms with Crippen molar-refractivity contribution in [2.75, 3.05) is 46.9 Å². The predicted octanol–water partition coefficient (Wildman–Crippen LogP) is 2.16. The first-order valence-corrected chi connectivity index (χ1v) is 12.8. The molecule has 4 rings (SSSR count). The molecule has 2 aliphatic heterocycles. The van der Waals surface area contributed by atoms with Gasteiger partial charge >= 0.3 is 0 Å². The lowest BCUT2D eigenvalue weighted by atomic mass is 10.1. The maximum absolute atomic E-state index is 13.8. The van der Waals surface area contributed by atoms with E-state index in [9.17, 15) is 14.4 Å². The quantitative estimate of drug-likeness (QED) is 0.617. The molecule has 2 saturated heterocycles. The van der Waals surface area contributed by atoms with Crippen molar-refractivity contribution in [3.63, 3.8) is 0 Å². The Hall–Kier alpha value is -3.59. The summed E-state index contributed by atoms with van der Waals surface area (Å²) in [6, 6.07) is 13.7. The highest BCUT2D eigenvalue weighted by atomic mass is 16.5. The van der Waals surface area contributed by atoms with E-state index >= 15 is 0 Å². The number of nitrogens with zero attached hydrogens (tertiary/aromatic N) is 3. The topological polar surface area (TPSA) is 91.4 Å². The zero-order valence-electron chi connectivity index (χ0n) is 21.8. The molecule has 3 amide bonds. The number of hydrogen-bond donors (Lipinski definition) is 1. The fourth-order valence-electron chi connectivity index (χ4n) is 5.13. The second-order valence-corrected chi connectivity index (χ2v) is 9.52. The van der Waals surface area contributed by atoms with Crippen LogP contribution in [0.5, 0.6) is 11.5 Å². The Balaban J connectivity index is 1.63. The summed E-state index contributed by atoms with van der Waals surface area (Å²) in [5.74, 6) is 1.00. The molecule has 0 radical (unpaired) electrons. The van der Waals surface area contributed by atoms with E-state index in [1.165, 1.54) is 6.92 Å². The first kappa shape index (κ1) is 26.5. The minimum atomic E-state index is -0.586. The van der Waals surface area contributed by atoms with Gasteiger partial charge in [-0.1, -0.05) is 12.1 Å². The van der Waals surface area contributed by atoms with E-state index in [1.54, 1.807) is 48.3 Å². The number of carbonyl (C=O) groups is 3. The largest absolute Gasteiger partial charge is 0.497 e. The molecular weight excluding hydrogens is 472 g/mol. The van der Waals surface area contributed by atoms with E-state index in [0.29, 0.717) is 49.7 Å². The molecule has 2 unspecified atom stereocenters. The highest BCUT2D eigenvalue weighted by molar-refractivity contribution is 5.95. The van der Waals surface area contributed by atoms with Crippen molar-refractivity contribution in [2.24, 2.45) is 0 Å². The van der Waals surface area contributed by atoms with E-state index in [4.69, 9.17) is 9.47 Å². The number of ether oxygens (including phenoxy) is 2. The summed E-state index contributed by atoms with van der Waals surface area (Å²) in [6.45, 7) is 5.01. The Morgan fingerprint density at radius 1 is 1.00 bits per heavy atom. The average Bonchev–Trinajstić information content (AvgIpc) is 3.19. The number of likely N-dealkylation sites (tertiary alicyclic amines) is 1.